The van der Waals surface area contributed by atoms with Gasteiger partial charge in [-0.1, -0.05) is 0 Å². The predicted molar refractivity (Wildman–Crippen MR) is 103 cm³/mol. The first-order valence-corrected chi connectivity index (χ1v) is 8.30. The Morgan fingerprint density at radius 1 is 1.04 bits per heavy atom. The Balaban J connectivity index is 1.86. The lowest BCUT2D eigenvalue weighted by Gasteiger charge is -2.02. The average Bonchev–Trinajstić information content (AvgIpc) is 3.31. The quantitative estimate of drug-likeness (QED) is 0.506. The number of H-pyrrole nitrogens is 2. The maximum Gasteiger partial charge on any atom is 0.267 e. The van der Waals surface area contributed by atoms with Crippen LogP contribution in [-0.2, 0) is 0 Å². The van der Waals surface area contributed by atoms with Crippen molar-refractivity contribution in [3.05, 3.63) is 54.4 Å². The molecule has 0 aliphatic heterocycles. The molecule has 4 N–H and O–H groups in total. The number of methoxy groups -OCH3 is 2. The van der Waals surface area contributed by atoms with Gasteiger partial charge in [-0.05, 0) is 42.5 Å². The van der Waals surface area contributed by atoms with Crippen LogP contribution in [0, 0.1) is 0 Å². The Morgan fingerprint density at radius 3 is 2.41 bits per heavy atom. The van der Waals surface area contributed by atoms with Gasteiger partial charge in [-0.25, -0.2) is 4.98 Å². The summed E-state index contributed by atoms with van der Waals surface area (Å²) >= 11 is 0. The summed E-state index contributed by atoms with van der Waals surface area (Å²) in [6.45, 7) is 0. The van der Waals surface area contributed by atoms with Crippen molar-refractivity contribution in [3.8, 4) is 34.1 Å². The number of ether oxygens (including phenoxy) is 2. The number of imidazole rings is 1. The van der Waals surface area contributed by atoms with Crippen LogP contribution in [0.5, 0.6) is 11.5 Å². The topological polar surface area (TPSA) is 106 Å². The summed E-state index contributed by atoms with van der Waals surface area (Å²) in [5, 5.41) is 0.931. The molecule has 4 aromatic rings. The molecule has 0 atom stereocenters. The van der Waals surface area contributed by atoms with Crippen LogP contribution in [0.2, 0.25) is 0 Å². The zero-order valence-corrected chi connectivity index (χ0v) is 14.9. The number of amides is 1. The predicted octanol–water partition coefficient (Wildman–Crippen LogP) is 3.34. The van der Waals surface area contributed by atoms with Gasteiger partial charge in [-0.2, -0.15) is 0 Å². The average molecular weight is 362 g/mol. The molecule has 0 saturated carbocycles. The van der Waals surface area contributed by atoms with Gasteiger partial charge in [-0.3, -0.25) is 4.79 Å². The minimum atomic E-state index is -0.572. The second-order valence-corrected chi connectivity index (χ2v) is 6.02. The molecule has 0 fully saturated rings. The monoisotopic (exact) mass is 362 g/mol. The number of nitrogens with two attached hydrogens (primary N) is 1. The van der Waals surface area contributed by atoms with Crippen LogP contribution in [0.1, 0.15) is 10.5 Å². The van der Waals surface area contributed by atoms with Crippen molar-refractivity contribution < 1.29 is 14.3 Å². The molecule has 0 bridgehead atoms. The lowest BCUT2D eigenvalue weighted by Crippen LogP contribution is -2.12. The van der Waals surface area contributed by atoms with Gasteiger partial charge < -0.3 is 25.2 Å². The van der Waals surface area contributed by atoms with E-state index in [1.54, 1.807) is 14.2 Å². The van der Waals surface area contributed by atoms with Crippen LogP contribution in [0.25, 0.3) is 33.5 Å². The molecule has 0 aliphatic rings. The maximum atomic E-state index is 12.0. The zero-order chi connectivity index (χ0) is 19.0. The minimum Gasteiger partial charge on any atom is -0.497 e. The number of benzene rings is 2. The Hall–Kier alpha value is -3.74. The summed E-state index contributed by atoms with van der Waals surface area (Å²) in [7, 11) is 3.22. The number of fused-ring (bicyclic) bond motifs is 1. The number of hydrogen-bond donors (Lipinski definition) is 3. The van der Waals surface area contributed by atoms with Gasteiger partial charge in [0.05, 0.1) is 14.2 Å². The van der Waals surface area contributed by atoms with Crippen LogP contribution < -0.4 is 15.2 Å². The highest BCUT2D eigenvalue weighted by Crippen LogP contribution is 2.32. The van der Waals surface area contributed by atoms with E-state index in [0.717, 1.165) is 33.5 Å². The van der Waals surface area contributed by atoms with Crippen LogP contribution in [0.3, 0.4) is 0 Å². The maximum absolute atomic E-state index is 12.0. The first kappa shape index (κ1) is 16.7. The normalized spacial score (nSPS) is 10.9. The number of carbonyl (C=O) groups is 1. The van der Waals surface area contributed by atoms with E-state index in [4.69, 9.17) is 15.2 Å². The van der Waals surface area contributed by atoms with E-state index in [2.05, 4.69) is 15.0 Å². The smallest absolute Gasteiger partial charge is 0.267 e. The molecule has 1 amide bonds. The van der Waals surface area contributed by atoms with Crippen LogP contribution in [0.15, 0.2) is 48.7 Å². The van der Waals surface area contributed by atoms with Gasteiger partial charge in [0, 0.05) is 28.2 Å². The lowest BCUT2D eigenvalue weighted by molar-refractivity contribution is 0.0997. The van der Waals surface area contributed by atoms with Crippen molar-refractivity contribution in [2.75, 3.05) is 14.2 Å². The third-order valence-corrected chi connectivity index (χ3v) is 4.46. The minimum absolute atomic E-state index is 0.257. The Morgan fingerprint density at radius 2 is 1.74 bits per heavy atom. The van der Waals surface area contributed by atoms with Crippen LogP contribution in [-0.4, -0.2) is 35.1 Å². The fraction of sp³-hybridized carbons (Fsp3) is 0.100. The number of nitrogens with one attached hydrogen (secondary N) is 2. The van der Waals surface area contributed by atoms with Crippen LogP contribution in [0.4, 0.5) is 0 Å². The van der Waals surface area contributed by atoms with Crippen molar-refractivity contribution in [2.45, 2.75) is 0 Å². The third-order valence-electron chi connectivity index (χ3n) is 4.46. The summed E-state index contributed by atoms with van der Waals surface area (Å²) in [5.41, 5.74) is 8.86. The third kappa shape index (κ3) is 2.89. The Bertz CT molecular complexity index is 1130. The number of rotatable bonds is 5. The number of carbonyl (C=O) groups excluding carboxylic acids is 1. The second kappa shape index (κ2) is 6.53. The summed E-state index contributed by atoms with van der Waals surface area (Å²) < 4.78 is 10.5. The van der Waals surface area contributed by atoms with Crippen LogP contribution >= 0.6 is 0 Å². The number of hydrogen-bond acceptors (Lipinski definition) is 4. The second-order valence-electron chi connectivity index (χ2n) is 6.02. The molecule has 0 aliphatic carbocycles. The SMILES string of the molecule is COc1ccc(-c2nc(-c3c[nH]c4ccc(OC)cc34)[nH]c2C(N)=O)cc1. The molecule has 136 valence electrons. The number of primary amides is 1. The molecule has 0 spiro atoms. The van der Waals surface area contributed by atoms with E-state index in [0.29, 0.717) is 11.5 Å². The highest BCUT2D eigenvalue weighted by Gasteiger charge is 2.19. The molecule has 0 unspecified atom stereocenters. The summed E-state index contributed by atoms with van der Waals surface area (Å²) in [6.07, 6.45) is 1.84. The Labute approximate surface area is 155 Å². The number of aromatic amines is 2. The van der Waals surface area contributed by atoms with E-state index in [-0.39, 0.29) is 5.69 Å². The number of aromatic nitrogens is 3. The molecule has 2 aromatic heterocycles. The van der Waals surface area contributed by atoms with E-state index >= 15 is 0 Å². The summed E-state index contributed by atoms with van der Waals surface area (Å²) in [4.78, 5) is 22.9. The van der Waals surface area contributed by atoms with E-state index in [9.17, 15) is 4.79 Å². The summed E-state index contributed by atoms with van der Waals surface area (Å²) in [5.74, 6) is 1.44. The van der Waals surface area contributed by atoms with Crippen molar-refractivity contribution in [3.63, 3.8) is 0 Å². The van der Waals surface area contributed by atoms with Gasteiger partial charge in [0.2, 0.25) is 0 Å². The van der Waals surface area contributed by atoms with E-state index in [1.165, 1.54) is 0 Å². The molecule has 7 nitrogen and oxygen atoms in total. The molecular weight excluding hydrogens is 344 g/mol. The largest absolute Gasteiger partial charge is 0.497 e. The highest BCUT2D eigenvalue weighted by atomic mass is 16.5. The molecule has 4 rings (SSSR count). The van der Waals surface area contributed by atoms with Crippen molar-refractivity contribution in [2.24, 2.45) is 5.73 Å². The fourth-order valence-corrected chi connectivity index (χ4v) is 3.06. The molecule has 0 radical (unpaired) electrons. The first-order chi connectivity index (χ1) is 13.1. The molecule has 2 heterocycles. The van der Waals surface area contributed by atoms with E-state index < -0.39 is 5.91 Å². The molecule has 7 heteroatoms. The van der Waals surface area contributed by atoms with Crippen molar-refractivity contribution in [1.82, 2.24) is 15.0 Å². The Kier molecular flexibility index (Phi) is 4.04. The molecule has 27 heavy (non-hydrogen) atoms. The fourth-order valence-electron chi connectivity index (χ4n) is 3.06. The number of nitrogens with zero attached hydrogens (tertiary/aromatic N) is 1. The zero-order valence-electron chi connectivity index (χ0n) is 14.9. The lowest BCUT2D eigenvalue weighted by atomic mass is 10.1. The van der Waals surface area contributed by atoms with Gasteiger partial charge >= 0.3 is 0 Å². The standard InChI is InChI=1S/C20H18N4O3/c1-26-12-5-3-11(4-6-12)17-18(19(21)25)24-20(23-17)15-10-22-16-8-7-13(27-2)9-14(15)16/h3-10,22H,1-2H3,(H2,21,25)(H,23,24). The van der Waals surface area contributed by atoms with E-state index in [1.807, 2.05) is 48.7 Å². The van der Waals surface area contributed by atoms with Gasteiger partial charge in [0.15, 0.2) is 0 Å². The van der Waals surface area contributed by atoms with Gasteiger partial charge in [0.25, 0.3) is 5.91 Å². The molecule has 2 aromatic carbocycles. The molecular formula is C20H18N4O3. The van der Waals surface area contributed by atoms with Gasteiger partial charge in [0.1, 0.15) is 28.7 Å². The first-order valence-electron chi connectivity index (χ1n) is 8.30. The van der Waals surface area contributed by atoms with Crippen molar-refractivity contribution >= 4 is 16.8 Å². The van der Waals surface area contributed by atoms with Gasteiger partial charge in [-0.15, -0.1) is 0 Å². The molecule has 0 saturated heterocycles. The van der Waals surface area contributed by atoms with Crippen molar-refractivity contribution in [1.29, 1.82) is 0 Å². The highest BCUT2D eigenvalue weighted by molar-refractivity contribution is 6.00. The summed E-state index contributed by atoms with van der Waals surface area (Å²) in [6, 6.07) is 13.0.